The van der Waals surface area contributed by atoms with Crippen LogP contribution in [-0.4, -0.2) is 11.1 Å². The summed E-state index contributed by atoms with van der Waals surface area (Å²) in [6, 6.07) is 0. The first-order valence-electron chi connectivity index (χ1n) is 2.03. The van der Waals surface area contributed by atoms with Crippen LogP contribution in [0, 0.1) is 0 Å². The zero-order chi connectivity index (χ0) is 4.83. The zero-order valence-electron chi connectivity index (χ0n) is 3.58. The fourth-order valence-electron chi connectivity index (χ4n) is 0.189. The van der Waals surface area contributed by atoms with Crippen LogP contribution in [0.25, 0.3) is 0 Å². The summed E-state index contributed by atoms with van der Waals surface area (Å²) < 4.78 is 12.3. The maximum atomic E-state index is 11.2. The summed E-state index contributed by atoms with van der Waals surface area (Å²) in [5.74, 6) is 0. The third-order valence-electron chi connectivity index (χ3n) is 0.517. The van der Waals surface area contributed by atoms with Gasteiger partial charge < -0.3 is 0 Å². The van der Waals surface area contributed by atoms with Crippen LogP contribution in [-0.2, 0) is 0 Å². The van der Waals surface area contributed by atoms with Crippen LogP contribution in [0.5, 0.6) is 0 Å². The van der Waals surface area contributed by atoms with Crippen molar-refractivity contribution in [1.82, 2.24) is 0 Å². The molecular formula is C4H8FI. The van der Waals surface area contributed by atoms with Gasteiger partial charge in [0.15, 0.2) is 0 Å². The summed E-state index contributed by atoms with van der Waals surface area (Å²) in [5.41, 5.74) is 0. The third-order valence-corrected chi connectivity index (χ3v) is 1.28. The lowest BCUT2D eigenvalue weighted by Crippen LogP contribution is -1.75. The largest absolute Gasteiger partial charge is 0.251 e. The van der Waals surface area contributed by atoms with Crippen LogP contribution < -0.4 is 0 Å². The Morgan fingerprint density at radius 3 is 2.17 bits per heavy atom. The summed E-state index contributed by atoms with van der Waals surface area (Å²) in [4.78, 5) is 0. The molecule has 0 aromatic heterocycles. The monoisotopic (exact) mass is 202 g/mol. The van der Waals surface area contributed by atoms with E-state index in [1.807, 2.05) is 0 Å². The molecule has 0 aromatic rings. The van der Waals surface area contributed by atoms with E-state index in [0.29, 0.717) is 0 Å². The molecule has 38 valence electrons. The van der Waals surface area contributed by atoms with E-state index in [1.165, 1.54) is 0 Å². The van der Waals surface area contributed by atoms with Gasteiger partial charge in [0, 0.05) is 0 Å². The molecule has 0 N–H and O–H groups in total. The maximum absolute atomic E-state index is 11.2. The van der Waals surface area contributed by atoms with Gasteiger partial charge in [-0.15, -0.1) is 0 Å². The van der Waals surface area contributed by atoms with E-state index in [2.05, 4.69) is 22.6 Å². The highest BCUT2D eigenvalue weighted by Gasteiger charge is 1.79. The van der Waals surface area contributed by atoms with Gasteiger partial charge in [0.05, 0.1) is 6.67 Å². The molecular weight excluding hydrogens is 194 g/mol. The van der Waals surface area contributed by atoms with Crippen molar-refractivity contribution in [3.63, 3.8) is 0 Å². The zero-order valence-corrected chi connectivity index (χ0v) is 5.74. The Morgan fingerprint density at radius 1 is 1.33 bits per heavy atom. The summed E-state index contributed by atoms with van der Waals surface area (Å²) >= 11 is 2.24. The van der Waals surface area contributed by atoms with Crippen molar-refractivity contribution in [2.24, 2.45) is 0 Å². The van der Waals surface area contributed by atoms with E-state index >= 15 is 0 Å². The molecule has 0 fully saturated rings. The average molecular weight is 202 g/mol. The number of alkyl halides is 2. The Morgan fingerprint density at radius 2 is 2.00 bits per heavy atom. The quantitative estimate of drug-likeness (QED) is 0.373. The Kier molecular flexibility index (Phi) is 6.28. The predicted octanol–water partition coefficient (Wildman–Crippen LogP) is 2.17. The molecule has 0 aromatic carbocycles. The van der Waals surface area contributed by atoms with Gasteiger partial charge in [-0.3, -0.25) is 4.39 Å². The van der Waals surface area contributed by atoms with Crippen molar-refractivity contribution in [3.8, 4) is 0 Å². The lowest BCUT2D eigenvalue weighted by Gasteiger charge is -1.82. The van der Waals surface area contributed by atoms with Gasteiger partial charge in [-0.2, -0.15) is 0 Å². The molecule has 0 amide bonds. The van der Waals surface area contributed by atoms with E-state index < -0.39 is 0 Å². The van der Waals surface area contributed by atoms with Crippen LogP contribution >= 0.6 is 22.6 Å². The normalized spacial score (nSPS) is 9.00. The van der Waals surface area contributed by atoms with E-state index in [4.69, 9.17) is 0 Å². The van der Waals surface area contributed by atoms with Crippen molar-refractivity contribution in [3.05, 3.63) is 0 Å². The van der Waals surface area contributed by atoms with Crippen molar-refractivity contribution < 1.29 is 4.39 Å². The first kappa shape index (κ1) is 6.66. The molecule has 0 saturated heterocycles. The molecule has 0 unspecified atom stereocenters. The molecule has 0 heterocycles. The molecule has 0 nitrogen and oxygen atoms in total. The molecule has 0 aliphatic carbocycles. The van der Waals surface area contributed by atoms with Crippen molar-refractivity contribution in [1.29, 1.82) is 0 Å². The first-order chi connectivity index (χ1) is 2.91. The molecule has 0 saturated carbocycles. The van der Waals surface area contributed by atoms with E-state index in [9.17, 15) is 4.39 Å². The first-order valence-corrected chi connectivity index (χ1v) is 3.56. The van der Waals surface area contributed by atoms with Gasteiger partial charge in [0.25, 0.3) is 0 Å². The summed E-state index contributed by atoms with van der Waals surface area (Å²) in [5, 5.41) is 0. The number of rotatable bonds is 3. The van der Waals surface area contributed by atoms with Gasteiger partial charge in [0.2, 0.25) is 0 Å². The van der Waals surface area contributed by atoms with Gasteiger partial charge in [0.1, 0.15) is 0 Å². The van der Waals surface area contributed by atoms with Crippen molar-refractivity contribution >= 4 is 22.6 Å². The molecule has 0 atom stereocenters. The van der Waals surface area contributed by atoms with Crippen molar-refractivity contribution in [2.75, 3.05) is 11.1 Å². The van der Waals surface area contributed by atoms with Crippen LogP contribution in [0.4, 0.5) is 4.39 Å². The highest BCUT2D eigenvalue weighted by Crippen LogP contribution is 1.92. The minimum atomic E-state index is -0.150. The van der Waals surface area contributed by atoms with Crippen LogP contribution in [0.2, 0.25) is 0 Å². The standard InChI is InChI=1S/C4H8FI/c5-3-1-2-4-6/h1-4H2. The second-order valence-corrected chi connectivity index (χ2v) is 2.16. The Labute approximate surface area is 51.3 Å². The van der Waals surface area contributed by atoms with Gasteiger partial charge in [-0.25, -0.2) is 0 Å². The SMILES string of the molecule is FCCCCI. The highest BCUT2D eigenvalue weighted by atomic mass is 127. The number of halogens is 2. The molecule has 6 heavy (non-hydrogen) atoms. The highest BCUT2D eigenvalue weighted by molar-refractivity contribution is 14.1. The lowest BCUT2D eigenvalue weighted by atomic mass is 10.4. The Bertz CT molecular complexity index is 19.5. The Balaban J connectivity index is 2.34. The van der Waals surface area contributed by atoms with E-state index in [1.54, 1.807) is 0 Å². The van der Waals surface area contributed by atoms with Crippen LogP contribution in [0.3, 0.4) is 0 Å². The summed E-state index contributed by atoms with van der Waals surface area (Å²) in [7, 11) is 0. The predicted molar refractivity (Wildman–Crippen MR) is 34.1 cm³/mol. The molecule has 2 heteroatoms. The summed E-state index contributed by atoms with van der Waals surface area (Å²) in [6.07, 6.45) is 1.76. The number of unbranched alkanes of at least 4 members (excludes halogenated alkanes) is 1. The Hall–Kier alpha value is 0.660. The minimum absolute atomic E-state index is 0.150. The molecule has 0 rings (SSSR count). The third kappa shape index (κ3) is 4.66. The van der Waals surface area contributed by atoms with Gasteiger partial charge in [-0.1, -0.05) is 22.6 Å². The number of hydrogen-bond donors (Lipinski definition) is 0. The fourth-order valence-corrected chi connectivity index (χ4v) is 0.728. The topological polar surface area (TPSA) is 0 Å². The van der Waals surface area contributed by atoms with E-state index in [-0.39, 0.29) is 6.67 Å². The van der Waals surface area contributed by atoms with Gasteiger partial charge in [-0.05, 0) is 17.3 Å². The van der Waals surface area contributed by atoms with Crippen LogP contribution in [0.1, 0.15) is 12.8 Å². The van der Waals surface area contributed by atoms with Crippen molar-refractivity contribution in [2.45, 2.75) is 12.8 Å². The average Bonchev–Trinajstić information content (AvgIpc) is 1.61. The fraction of sp³-hybridized carbons (Fsp3) is 1.00. The molecule has 0 aliphatic rings. The maximum Gasteiger partial charge on any atom is 0.0894 e. The smallest absolute Gasteiger partial charge is 0.0894 e. The number of hydrogen-bond acceptors (Lipinski definition) is 0. The summed E-state index contributed by atoms with van der Waals surface area (Å²) in [6.45, 7) is -0.150. The molecule has 0 spiro atoms. The second kappa shape index (κ2) is 5.66. The second-order valence-electron chi connectivity index (χ2n) is 1.09. The lowest BCUT2D eigenvalue weighted by molar-refractivity contribution is 0.471. The van der Waals surface area contributed by atoms with Crippen LogP contribution in [0.15, 0.2) is 0 Å². The molecule has 0 bridgehead atoms. The van der Waals surface area contributed by atoms with Gasteiger partial charge >= 0.3 is 0 Å². The molecule has 0 radical (unpaired) electrons. The minimum Gasteiger partial charge on any atom is -0.251 e. The van der Waals surface area contributed by atoms with E-state index in [0.717, 1.165) is 17.3 Å². The molecule has 0 aliphatic heterocycles.